The molecule has 0 aliphatic carbocycles. The number of morpholine rings is 1. The maximum absolute atomic E-state index is 11.9. The molecule has 2 heterocycles. The van der Waals surface area contributed by atoms with E-state index in [0.29, 0.717) is 11.5 Å². The van der Waals surface area contributed by atoms with E-state index in [1.54, 1.807) is 19.1 Å². The van der Waals surface area contributed by atoms with E-state index in [-0.39, 0.29) is 17.5 Å². The Balaban J connectivity index is 1.80. The van der Waals surface area contributed by atoms with Crippen LogP contribution in [0.15, 0.2) is 29.2 Å². The average Bonchev–Trinajstić information content (AvgIpc) is 2.55. The highest BCUT2D eigenvalue weighted by molar-refractivity contribution is 7.91. The zero-order chi connectivity index (χ0) is 16.5. The summed E-state index contributed by atoms with van der Waals surface area (Å²) in [6, 6.07) is 7.21. The van der Waals surface area contributed by atoms with Crippen molar-refractivity contribution in [3.63, 3.8) is 0 Å². The van der Waals surface area contributed by atoms with Crippen molar-refractivity contribution in [2.24, 2.45) is 0 Å². The third-order valence-electron chi connectivity index (χ3n) is 4.63. The molecule has 23 heavy (non-hydrogen) atoms. The van der Waals surface area contributed by atoms with Gasteiger partial charge in [-0.3, -0.25) is 0 Å². The van der Waals surface area contributed by atoms with Crippen LogP contribution in [0.4, 0.5) is 5.69 Å². The van der Waals surface area contributed by atoms with Crippen molar-refractivity contribution in [2.75, 3.05) is 37.0 Å². The minimum absolute atomic E-state index is 0.126. The van der Waals surface area contributed by atoms with E-state index in [9.17, 15) is 8.42 Å². The minimum atomic E-state index is -3.15. The predicted octanol–water partition coefficient (Wildman–Crippen LogP) is 2.25. The van der Waals surface area contributed by atoms with Crippen LogP contribution >= 0.6 is 0 Å². The van der Waals surface area contributed by atoms with Crippen molar-refractivity contribution in [2.45, 2.75) is 43.3 Å². The summed E-state index contributed by atoms with van der Waals surface area (Å²) in [6.45, 7) is 6.79. The SMILES string of the molecule is CCS(=O)(=O)c1ccc(N2C[C@H](C)O[C@@]3(CCCOC3)C2)cc1. The molecule has 0 amide bonds. The van der Waals surface area contributed by atoms with Crippen LogP contribution in [0.1, 0.15) is 26.7 Å². The Morgan fingerprint density at radius 3 is 2.65 bits per heavy atom. The lowest BCUT2D eigenvalue weighted by Gasteiger charge is -2.48. The Morgan fingerprint density at radius 2 is 2.04 bits per heavy atom. The summed E-state index contributed by atoms with van der Waals surface area (Å²) in [5.41, 5.74) is 0.810. The second kappa shape index (κ2) is 6.42. The molecule has 2 aliphatic heterocycles. The van der Waals surface area contributed by atoms with Crippen LogP contribution in [0.3, 0.4) is 0 Å². The molecular formula is C17H25NO4S. The van der Waals surface area contributed by atoms with E-state index < -0.39 is 9.84 Å². The van der Waals surface area contributed by atoms with Gasteiger partial charge in [-0.1, -0.05) is 6.92 Å². The Kier molecular flexibility index (Phi) is 4.67. The molecule has 2 aliphatic rings. The summed E-state index contributed by atoms with van der Waals surface area (Å²) >= 11 is 0. The van der Waals surface area contributed by atoms with E-state index >= 15 is 0 Å². The number of ether oxygens (including phenoxy) is 2. The topological polar surface area (TPSA) is 55.8 Å². The molecule has 1 spiro atoms. The summed E-state index contributed by atoms with van der Waals surface area (Å²) in [5, 5.41) is 0. The number of anilines is 1. The first-order chi connectivity index (χ1) is 10.9. The second-order valence-electron chi connectivity index (χ2n) is 6.55. The monoisotopic (exact) mass is 339 g/mol. The molecular weight excluding hydrogens is 314 g/mol. The van der Waals surface area contributed by atoms with Crippen LogP contribution in [0.25, 0.3) is 0 Å². The van der Waals surface area contributed by atoms with Gasteiger partial charge in [0.25, 0.3) is 0 Å². The lowest BCUT2D eigenvalue weighted by atomic mass is 9.93. The standard InChI is InChI=1S/C17H25NO4S/c1-3-23(19,20)16-7-5-15(6-8-16)18-11-14(2)22-17(12-18)9-4-10-21-13-17/h5-8,14H,3-4,9-13H2,1-2H3/t14-,17-/m0/s1. The van der Waals surface area contributed by atoms with Gasteiger partial charge in [0.05, 0.1) is 23.4 Å². The highest BCUT2D eigenvalue weighted by atomic mass is 32.2. The Morgan fingerprint density at radius 1 is 1.30 bits per heavy atom. The first kappa shape index (κ1) is 16.7. The zero-order valence-corrected chi connectivity index (χ0v) is 14.6. The van der Waals surface area contributed by atoms with Crippen molar-refractivity contribution in [3.05, 3.63) is 24.3 Å². The molecule has 0 N–H and O–H groups in total. The summed E-state index contributed by atoms with van der Waals surface area (Å²) in [4.78, 5) is 2.67. The van der Waals surface area contributed by atoms with Gasteiger partial charge in [0.1, 0.15) is 5.60 Å². The third-order valence-corrected chi connectivity index (χ3v) is 6.39. The van der Waals surface area contributed by atoms with E-state index in [0.717, 1.165) is 38.2 Å². The highest BCUT2D eigenvalue weighted by Gasteiger charge is 2.41. The number of rotatable bonds is 3. The Hall–Kier alpha value is -1.11. The largest absolute Gasteiger partial charge is 0.378 e. The quantitative estimate of drug-likeness (QED) is 0.845. The maximum Gasteiger partial charge on any atom is 0.178 e. The molecule has 0 aromatic heterocycles. The van der Waals surface area contributed by atoms with Gasteiger partial charge in [0.2, 0.25) is 0 Å². The maximum atomic E-state index is 11.9. The zero-order valence-electron chi connectivity index (χ0n) is 13.8. The third kappa shape index (κ3) is 3.54. The normalized spacial score (nSPS) is 29.0. The molecule has 6 heteroatoms. The molecule has 2 atom stereocenters. The van der Waals surface area contributed by atoms with Gasteiger partial charge < -0.3 is 14.4 Å². The fraction of sp³-hybridized carbons (Fsp3) is 0.647. The van der Waals surface area contributed by atoms with Gasteiger partial charge in [0.15, 0.2) is 9.84 Å². The van der Waals surface area contributed by atoms with Gasteiger partial charge in [0, 0.05) is 25.4 Å². The molecule has 0 bridgehead atoms. The van der Waals surface area contributed by atoms with Crippen molar-refractivity contribution in [1.82, 2.24) is 0 Å². The van der Waals surface area contributed by atoms with Gasteiger partial charge >= 0.3 is 0 Å². The van der Waals surface area contributed by atoms with Crippen LogP contribution in [0.2, 0.25) is 0 Å². The van der Waals surface area contributed by atoms with E-state index in [1.165, 1.54) is 0 Å². The predicted molar refractivity (Wildman–Crippen MR) is 89.7 cm³/mol. The molecule has 0 radical (unpaired) electrons. The molecule has 0 unspecified atom stereocenters. The smallest absolute Gasteiger partial charge is 0.178 e. The van der Waals surface area contributed by atoms with E-state index in [2.05, 4.69) is 11.8 Å². The van der Waals surface area contributed by atoms with Crippen LogP contribution in [-0.2, 0) is 19.3 Å². The molecule has 2 saturated heterocycles. The fourth-order valence-electron chi connectivity index (χ4n) is 3.50. The van der Waals surface area contributed by atoms with Gasteiger partial charge in [-0.25, -0.2) is 8.42 Å². The average molecular weight is 339 g/mol. The lowest BCUT2D eigenvalue weighted by Crippen LogP contribution is -2.58. The first-order valence-corrected chi connectivity index (χ1v) is 9.93. The Bertz CT molecular complexity index is 635. The number of nitrogens with zero attached hydrogens (tertiary/aromatic N) is 1. The summed E-state index contributed by atoms with van der Waals surface area (Å²) in [5.74, 6) is 0.126. The molecule has 1 aromatic rings. The number of sulfone groups is 1. The number of hydrogen-bond donors (Lipinski definition) is 0. The van der Waals surface area contributed by atoms with Gasteiger partial charge in [-0.05, 0) is 44.0 Å². The molecule has 2 fully saturated rings. The van der Waals surface area contributed by atoms with E-state index in [4.69, 9.17) is 9.47 Å². The molecule has 0 saturated carbocycles. The highest BCUT2D eigenvalue weighted by Crippen LogP contribution is 2.32. The summed E-state index contributed by atoms with van der Waals surface area (Å²) in [6.07, 6.45) is 2.16. The minimum Gasteiger partial charge on any atom is -0.378 e. The summed E-state index contributed by atoms with van der Waals surface area (Å²) in [7, 11) is -3.15. The van der Waals surface area contributed by atoms with Crippen LogP contribution < -0.4 is 4.90 Å². The van der Waals surface area contributed by atoms with Crippen LogP contribution in [-0.4, -0.2) is 52.2 Å². The number of benzene rings is 1. The van der Waals surface area contributed by atoms with Gasteiger partial charge in [-0.2, -0.15) is 0 Å². The molecule has 3 rings (SSSR count). The van der Waals surface area contributed by atoms with Crippen molar-refractivity contribution in [3.8, 4) is 0 Å². The van der Waals surface area contributed by atoms with Crippen LogP contribution in [0, 0.1) is 0 Å². The second-order valence-corrected chi connectivity index (χ2v) is 8.82. The fourth-order valence-corrected chi connectivity index (χ4v) is 4.38. The molecule has 128 valence electrons. The molecule has 1 aromatic carbocycles. The van der Waals surface area contributed by atoms with Crippen molar-refractivity contribution in [1.29, 1.82) is 0 Å². The van der Waals surface area contributed by atoms with Crippen LogP contribution in [0.5, 0.6) is 0 Å². The lowest BCUT2D eigenvalue weighted by molar-refractivity contribution is -0.160. The van der Waals surface area contributed by atoms with Gasteiger partial charge in [-0.15, -0.1) is 0 Å². The van der Waals surface area contributed by atoms with Crippen molar-refractivity contribution < 1.29 is 17.9 Å². The molecule has 5 nitrogen and oxygen atoms in total. The number of hydrogen-bond acceptors (Lipinski definition) is 5. The Labute approximate surface area is 138 Å². The summed E-state index contributed by atoms with van der Waals surface area (Å²) < 4.78 is 35.7. The van der Waals surface area contributed by atoms with Crippen molar-refractivity contribution >= 4 is 15.5 Å². The van der Waals surface area contributed by atoms with E-state index in [1.807, 2.05) is 12.1 Å². The first-order valence-electron chi connectivity index (χ1n) is 8.27.